The third-order valence-corrected chi connectivity index (χ3v) is 3.10. The summed E-state index contributed by atoms with van der Waals surface area (Å²) in [5.41, 5.74) is 1.98. The molecule has 112 valence electrons. The molecule has 0 aliphatic rings. The molecule has 2 N–H and O–H groups in total. The van der Waals surface area contributed by atoms with Gasteiger partial charge < -0.3 is 15.1 Å². The molecule has 0 saturated carbocycles. The minimum absolute atomic E-state index is 0.512. The van der Waals surface area contributed by atoms with Gasteiger partial charge in [0.2, 0.25) is 5.89 Å². The average molecular weight is 287 g/mol. The molecular formula is C15H21N5O. The number of nitrogens with one attached hydrogen (secondary N) is 2. The molecule has 2 rings (SSSR count). The molecule has 2 aromatic heterocycles. The van der Waals surface area contributed by atoms with Gasteiger partial charge in [0.25, 0.3) is 0 Å². The molecule has 0 unspecified atom stereocenters. The highest BCUT2D eigenvalue weighted by molar-refractivity contribution is 5.79. The van der Waals surface area contributed by atoms with E-state index in [0.29, 0.717) is 12.4 Å². The van der Waals surface area contributed by atoms with Crippen LogP contribution < -0.4 is 10.6 Å². The second-order valence-corrected chi connectivity index (χ2v) is 4.67. The Balaban J connectivity index is 1.76. The number of aliphatic imine (C=N–C) groups is 1. The van der Waals surface area contributed by atoms with Gasteiger partial charge in [0.15, 0.2) is 5.96 Å². The monoisotopic (exact) mass is 287 g/mol. The topological polar surface area (TPSA) is 75.3 Å². The molecule has 2 aromatic rings. The van der Waals surface area contributed by atoms with Crippen molar-refractivity contribution in [1.82, 2.24) is 20.6 Å². The highest BCUT2D eigenvalue weighted by Crippen LogP contribution is 2.07. The number of hydrogen-bond donors (Lipinski definition) is 2. The van der Waals surface area contributed by atoms with E-state index < -0.39 is 0 Å². The highest BCUT2D eigenvalue weighted by atomic mass is 16.4. The van der Waals surface area contributed by atoms with Gasteiger partial charge in [0.05, 0.1) is 12.2 Å². The molecule has 0 atom stereocenters. The van der Waals surface area contributed by atoms with Gasteiger partial charge in [-0.05, 0) is 26.0 Å². The Bertz CT molecular complexity index is 572. The number of pyridine rings is 1. The number of nitrogens with zero attached hydrogens (tertiary/aromatic N) is 3. The Morgan fingerprint density at radius 2 is 2.14 bits per heavy atom. The first-order valence-electron chi connectivity index (χ1n) is 6.96. The second kappa shape index (κ2) is 7.42. The van der Waals surface area contributed by atoms with Crippen LogP contribution in [-0.2, 0) is 13.0 Å². The van der Waals surface area contributed by atoms with Crippen molar-refractivity contribution in [2.75, 3.05) is 13.6 Å². The van der Waals surface area contributed by atoms with Gasteiger partial charge >= 0.3 is 0 Å². The first-order valence-corrected chi connectivity index (χ1v) is 6.96. The van der Waals surface area contributed by atoms with Crippen LogP contribution in [0.15, 0.2) is 33.8 Å². The summed E-state index contributed by atoms with van der Waals surface area (Å²) >= 11 is 0. The lowest BCUT2D eigenvalue weighted by molar-refractivity contribution is 0.463. The minimum Gasteiger partial charge on any atom is -0.444 e. The quantitative estimate of drug-likeness (QED) is 0.645. The predicted molar refractivity (Wildman–Crippen MR) is 82.1 cm³/mol. The second-order valence-electron chi connectivity index (χ2n) is 4.67. The lowest BCUT2D eigenvalue weighted by atomic mass is 10.3. The summed E-state index contributed by atoms with van der Waals surface area (Å²) in [6, 6.07) is 5.91. The first kappa shape index (κ1) is 15.0. The van der Waals surface area contributed by atoms with Gasteiger partial charge in [-0.3, -0.25) is 9.98 Å². The lowest BCUT2D eigenvalue weighted by Gasteiger charge is -2.10. The number of oxazole rings is 1. The van der Waals surface area contributed by atoms with Gasteiger partial charge in [0, 0.05) is 31.9 Å². The van der Waals surface area contributed by atoms with E-state index in [4.69, 9.17) is 4.42 Å². The molecule has 0 aliphatic carbocycles. The highest BCUT2D eigenvalue weighted by Gasteiger charge is 2.06. The summed E-state index contributed by atoms with van der Waals surface area (Å²) in [7, 11) is 1.74. The predicted octanol–water partition coefficient (Wildman–Crippen LogP) is 1.59. The van der Waals surface area contributed by atoms with E-state index in [1.165, 1.54) is 0 Å². The molecule has 0 bridgehead atoms. The van der Waals surface area contributed by atoms with E-state index in [9.17, 15) is 0 Å². The fraction of sp³-hybridized carbons (Fsp3) is 0.400. The molecule has 6 nitrogen and oxygen atoms in total. The fourth-order valence-corrected chi connectivity index (χ4v) is 1.85. The third-order valence-electron chi connectivity index (χ3n) is 3.10. The fourth-order valence-electron chi connectivity index (χ4n) is 1.85. The summed E-state index contributed by atoms with van der Waals surface area (Å²) in [4.78, 5) is 12.8. The van der Waals surface area contributed by atoms with Crippen LogP contribution in [0.2, 0.25) is 0 Å². The minimum atomic E-state index is 0.512. The maximum absolute atomic E-state index is 5.52. The average Bonchev–Trinajstić information content (AvgIpc) is 2.82. The normalized spacial score (nSPS) is 11.5. The van der Waals surface area contributed by atoms with Gasteiger partial charge in [-0.1, -0.05) is 6.07 Å². The number of hydrogen-bond acceptors (Lipinski definition) is 4. The summed E-state index contributed by atoms with van der Waals surface area (Å²) in [5.74, 6) is 2.24. The van der Waals surface area contributed by atoms with Crippen molar-refractivity contribution in [3.8, 4) is 0 Å². The zero-order valence-electron chi connectivity index (χ0n) is 12.7. The number of rotatable bonds is 5. The molecule has 0 radical (unpaired) electrons. The zero-order chi connectivity index (χ0) is 15.1. The number of aryl methyl sites for hydroxylation is 2. The van der Waals surface area contributed by atoms with Crippen LogP contribution in [-0.4, -0.2) is 29.5 Å². The Morgan fingerprint density at radius 1 is 1.29 bits per heavy atom. The van der Waals surface area contributed by atoms with Crippen molar-refractivity contribution in [2.45, 2.75) is 26.8 Å². The van der Waals surface area contributed by atoms with Crippen molar-refractivity contribution in [1.29, 1.82) is 0 Å². The molecule has 0 fully saturated rings. The van der Waals surface area contributed by atoms with Crippen molar-refractivity contribution < 1.29 is 4.42 Å². The molecule has 0 aromatic carbocycles. The maximum Gasteiger partial charge on any atom is 0.214 e. The van der Waals surface area contributed by atoms with Crippen LogP contribution in [0.5, 0.6) is 0 Å². The van der Waals surface area contributed by atoms with E-state index in [2.05, 4.69) is 25.6 Å². The summed E-state index contributed by atoms with van der Waals surface area (Å²) in [6.45, 7) is 5.12. The molecule has 6 heteroatoms. The Morgan fingerprint density at radius 3 is 2.76 bits per heavy atom. The van der Waals surface area contributed by atoms with E-state index in [-0.39, 0.29) is 0 Å². The number of aromatic nitrogens is 2. The molecule has 0 amide bonds. The molecule has 21 heavy (non-hydrogen) atoms. The molecule has 2 heterocycles. The van der Waals surface area contributed by atoms with Gasteiger partial charge in [-0.15, -0.1) is 0 Å². The molecule has 0 saturated heterocycles. The maximum atomic E-state index is 5.52. The standard InChI is InChI=1S/C15H21N5O/c1-11-12(2)21-14(20-11)10-19-15(16-3)18-9-7-13-6-4-5-8-17-13/h4-6,8H,7,9-10H2,1-3H3,(H2,16,18,19). The summed E-state index contributed by atoms with van der Waals surface area (Å²) < 4.78 is 5.52. The van der Waals surface area contributed by atoms with E-state index in [0.717, 1.165) is 36.1 Å². The third kappa shape index (κ3) is 4.59. The van der Waals surface area contributed by atoms with Crippen LogP contribution in [0, 0.1) is 13.8 Å². The first-order chi connectivity index (χ1) is 10.2. The van der Waals surface area contributed by atoms with Crippen molar-refractivity contribution in [3.63, 3.8) is 0 Å². The van der Waals surface area contributed by atoms with Gasteiger partial charge in [0.1, 0.15) is 5.76 Å². The Hall–Kier alpha value is -2.37. The van der Waals surface area contributed by atoms with Crippen molar-refractivity contribution >= 4 is 5.96 Å². The number of guanidine groups is 1. The Kier molecular flexibility index (Phi) is 5.31. The van der Waals surface area contributed by atoms with Crippen LogP contribution in [0.25, 0.3) is 0 Å². The zero-order valence-corrected chi connectivity index (χ0v) is 12.7. The summed E-state index contributed by atoms with van der Waals surface area (Å²) in [6.07, 6.45) is 2.65. The lowest BCUT2D eigenvalue weighted by Crippen LogP contribution is -2.38. The van der Waals surface area contributed by atoms with Crippen LogP contribution in [0.1, 0.15) is 23.0 Å². The van der Waals surface area contributed by atoms with E-state index in [1.807, 2.05) is 32.0 Å². The van der Waals surface area contributed by atoms with Crippen LogP contribution >= 0.6 is 0 Å². The molecule has 0 spiro atoms. The Labute approximate surface area is 124 Å². The van der Waals surface area contributed by atoms with E-state index in [1.54, 1.807) is 13.2 Å². The van der Waals surface area contributed by atoms with Gasteiger partial charge in [-0.2, -0.15) is 0 Å². The van der Waals surface area contributed by atoms with Crippen molar-refractivity contribution in [3.05, 3.63) is 47.4 Å². The smallest absolute Gasteiger partial charge is 0.214 e. The largest absolute Gasteiger partial charge is 0.444 e. The summed E-state index contributed by atoms with van der Waals surface area (Å²) in [5, 5.41) is 6.41. The van der Waals surface area contributed by atoms with E-state index >= 15 is 0 Å². The molecular weight excluding hydrogens is 266 g/mol. The molecule has 0 aliphatic heterocycles. The van der Waals surface area contributed by atoms with Gasteiger partial charge in [-0.25, -0.2) is 4.98 Å². The van der Waals surface area contributed by atoms with Crippen LogP contribution in [0.3, 0.4) is 0 Å². The SMILES string of the molecule is CN=C(NCCc1ccccn1)NCc1nc(C)c(C)o1. The van der Waals surface area contributed by atoms with Crippen molar-refractivity contribution in [2.24, 2.45) is 4.99 Å². The van der Waals surface area contributed by atoms with Crippen LogP contribution in [0.4, 0.5) is 0 Å².